The van der Waals surface area contributed by atoms with E-state index in [9.17, 15) is 9.59 Å². The molecule has 108 valence electrons. The van der Waals surface area contributed by atoms with Gasteiger partial charge in [0.2, 0.25) is 0 Å². The maximum Gasteiger partial charge on any atom is 0.268 e. The molecule has 3 rings (SSSR count). The van der Waals surface area contributed by atoms with Crippen LogP contribution in [-0.4, -0.2) is 18.4 Å². The molecule has 0 atom stereocenters. The van der Waals surface area contributed by atoms with Crippen molar-refractivity contribution in [2.45, 2.75) is 6.54 Å². The Balaban J connectivity index is 1.86. The van der Waals surface area contributed by atoms with Gasteiger partial charge in [0.15, 0.2) is 6.61 Å². The van der Waals surface area contributed by atoms with Crippen LogP contribution in [0.1, 0.15) is 16.1 Å². The first-order valence-electron chi connectivity index (χ1n) is 6.29. The maximum absolute atomic E-state index is 12.0. The van der Waals surface area contributed by atoms with Gasteiger partial charge in [-0.05, 0) is 18.2 Å². The van der Waals surface area contributed by atoms with Gasteiger partial charge in [-0.3, -0.25) is 19.9 Å². The van der Waals surface area contributed by atoms with Crippen molar-refractivity contribution < 1.29 is 18.7 Å². The first-order valence-corrected chi connectivity index (χ1v) is 6.29. The summed E-state index contributed by atoms with van der Waals surface area (Å²) in [5.41, 5.74) is 3.01. The van der Waals surface area contributed by atoms with Gasteiger partial charge in [0.1, 0.15) is 17.8 Å². The highest BCUT2D eigenvalue weighted by molar-refractivity contribution is 5.98. The summed E-state index contributed by atoms with van der Waals surface area (Å²) in [6.07, 6.45) is 1.30. The molecule has 21 heavy (non-hydrogen) atoms. The van der Waals surface area contributed by atoms with Gasteiger partial charge >= 0.3 is 0 Å². The number of nitrogens with one attached hydrogen (secondary N) is 1. The molecule has 0 aliphatic carbocycles. The zero-order valence-electron chi connectivity index (χ0n) is 11.0. The molecule has 0 unspecified atom stereocenters. The lowest BCUT2D eigenvalue weighted by Gasteiger charge is -2.28. The highest BCUT2D eigenvalue weighted by atomic mass is 16.5. The topological polar surface area (TPSA) is 97.8 Å². The number of fused-ring (bicyclic) bond motifs is 1. The van der Waals surface area contributed by atoms with E-state index < -0.39 is 5.91 Å². The number of para-hydroxylation sites is 2. The summed E-state index contributed by atoms with van der Waals surface area (Å²) in [6.45, 7) is 0.199. The largest absolute Gasteiger partial charge is 0.482 e. The summed E-state index contributed by atoms with van der Waals surface area (Å²) >= 11 is 0. The van der Waals surface area contributed by atoms with Crippen molar-refractivity contribution in [1.29, 1.82) is 0 Å². The molecule has 7 heteroatoms. The van der Waals surface area contributed by atoms with E-state index in [0.717, 1.165) is 0 Å². The van der Waals surface area contributed by atoms with Crippen LogP contribution < -0.4 is 20.9 Å². The number of nitrogens with two attached hydrogens (primary N) is 1. The molecule has 1 aliphatic rings. The molecular formula is C14H13N3O4. The van der Waals surface area contributed by atoms with Gasteiger partial charge in [0.25, 0.3) is 11.8 Å². The third-order valence-corrected chi connectivity index (χ3v) is 3.17. The van der Waals surface area contributed by atoms with E-state index in [0.29, 0.717) is 22.8 Å². The number of hydrogen-bond acceptors (Lipinski definition) is 5. The molecule has 3 N–H and O–H groups in total. The van der Waals surface area contributed by atoms with Crippen LogP contribution in [0.4, 0.5) is 5.69 Å². The molecule has 2 aromatic rings. The second-order valence-corrected chi connectivity index (χ2v) is 4.51. The fraction of sp³-hybridized carbons (Fsp3) is 0.143. The van der Waals surface area contributed by atoms with Gasteiger partial charge in [-0.2, -0.15) is 0 Å². The summed E-state index contributed by atoms with van der Waals surface area (Å²) in [4.78, 5) is 25.0. The van der Waals surface area contributed by atoms with Gasteiger partial charge in [-0.15, -0.1) is 0 Å². The van der Waals surface area contributed by atoms with Crippen LogP contribution in [0.25, 0.3) is 0 Å². The smallest absolute Gasteiger partial charge is 0.268 e. The van der Waals surface area contributed by atoms with Crippen LogP contribution in [0.2, 0.25) is 0 Å². The van der Waals surface area contributed by atoms with Crippen molar-refractivity contribution >= 4 is 17.5 Å². The summed E-state index contributed by atoms with van der Waals surface area (Å²) < 4.78 is 10.7. The van der Waals surface area contributed by atoms with E-state index in [1.807, 2.05) is 17.6 Å². The van der Waals surface area contributed by atoms with Crippen LogP contribution in [0.3, 0.4) is 0 Å². The zero-order chi connectivity index (χ0) is 14.8. The van der Waals surface area contributed by atoms with E-state index in [4.69, 9.17) is 15.0 Å². The number of nitrogen functional groups attached to an aromatic ring is 1. The summed E-state index contributed by atoms with van der Waals surface area (Å²) in [5, 5.41) is 0. The molecule has 1 aliphatic heterocycles. The average Bonchev–Trinajstić information content (AvgIpc) is 2.98. The first kappa shape index (κ1) is 13.2. The van der Waals surface area contributed by atoms with E-state index in [2.05, 4.69) is 0 Å². The number of rotatable bonds is 3. The number of carbonyl (C=O) groups is 2. The SMILES string of the molecule is NNC(=O)c1coc(CN2C(=O)COc3ccccc32)c1. The lowest BCUT2D eigenvalue weighted by Crippen LogP contribution is -2.38. The summed E-state index contributed by atoms with van der Waals surface area (Å²) in [6, 6.07) is 8.80. The zero-order valence-corrected chi connectivity index (χ0v) is 11.0. The number of hydrogen-bond donors (Lipinski definition) is 2. The monoisotopic (exact) mass is 287 g/mol. The normalized spacial score (nSPS) is 13.6. The number of nitrogens with zero attached hydrogens (tertiary/aromatic N) is 1. The quantitative estimate of drug-likeness (QED) is 0.494. The van der Waals surface area contributed by atoms with Gasteiger partial charge in [-0.1, -0.05) is 12.1 Å². The third kappa shape index (κ3) is 2.46. The van der Waals surface area contributed by atoms with Crippen molar-refractivity contribution in [2.24, 2.45) is 5.84 Å². The van der Waals surface area contributed by atoms with E-state index in [-0.39, 0.29) is 19.1 Å². The standard InChI is InChI=1S/C14H13N3O4/c15-16-14(19)9-5-10(20-7-9)6-17-11-3-1-2-4-12(11)21-8-13(17)18/h1-5,7H,6,8,15H2,(H,16,19). The highest BCUT2D eigenvalue weighted by Crippen LogP contribution is 2.32. The number of amides is 2. The molecule has 0 saturated heterocycles. The predicted octanol–water partition coefficient (Wildman–Crippen LogP) is 0.809. The average molecular weight is 287 g/mol. The van der Waals surface area contributed by atoms with Crippen LogP contribution in [0.15, 0.2) is 41.0 Å². The van der Waals surface area contributed by atoms with E-state index in [1.54, 1.807) is 23.1 Å². The van der Waals surface area contributed by atoms with Crippen molar-refractivity contribution in [1.82, 2.24) is 5.43 Å². The Morgan fingerprint density at radius 1 is 1.38 bits per heavy atom. The Morgan fingerprint density at radius 2 is 2.19 bits per heavy atom. The van der Waals surface area contributed by atoms with Crippen molar-refractivity contribution in [3.05, 3.63) is 47.9 Å². The number of carbonyl (C=O) groups excluding carboxylic acids is 2. The minimum Gasteiger partial charge on any atom is -0.482 e. The van der Waals surface area contributed by atoms with Gasteiger partial charge in [-0.25, -0.2) is 5.84 Å². The van der Waals surface area contributed by atoms with Crippen LogP contribution in [0.5, 0.6) is 5.75 Å². The van der Waals surface area contributed by atoms with E-state index in [1.165, 1.54) is 6.26 Å². The first-order chi connectivity index (χ1) is 10.2. The Bertz CT molecular complexity index is 695. The van der Waals surface area contributed by atoms with Crippen LogP contribution >= 0.6 is 0 Å². The number of anilines is 1. The molecule has 2 amide bonds. The molecule has 0 spiro atoms. The van der Waals surface area contributed by atoms with Crippen molar-refractivity contribution in [3.63, 3.8) is 0 Å². The number of benzene rings is 1. The Labute approximate surface area is 120 Å². The Kier molecular flexibility index (Phi) is 3.33. The fourth-order valence-corrected chi connectivity index (χ4v) is 2.15. The molecule has 1 aromatic heterocycles. The minimum absolute atomic E-state index is 0.0200. The Hall–Kier alpha value is -2.80. The molecule has 0 radical (unpaired) electrons. The van der Waals surface area contributed by atoms with Crippen molar-refractivity contribution in [2.75, 3.05) is 11.5 Å². The minimum atomic E-state index is -0.446. The molecular weight excluding hydrogens is 274 g/mol. The number of hydrazine groups is 1. The fourth-order valence-electron chi connectivity index (χ4n) is 2.15. The second-order valence-electron chi connectivity index (χ2n) is 4.51. The van der Waals surface area contributed by atoms with Gasteiger partial charge in [0.05, 0.1) is 17.8 Å². The van der Waals surface area contributed by atoms with Gasteiger partial charge in [0, 0.05) is 0 Å². The second kappa shape index (κ2) is 5.29. The predicted molar refractivity (Wildman–Crippen MR) is 73.5 cm³/mol. The summed E-state index contributed by atoms with van der Waals surface area (Å²) in [7, 11) is 0. The van der Waals surface area contributed by atoms with Crippen LogP contribution in [0, 0.1) is 0 Å². The molecule has 7 nitrogen and oxygen atoms in total. The molecule has 0 fully saturated rings. The molecule has 1 aromatic carbocycles. The lowest BCUT2D eigenvalue weighted by molar-refractivity contribution is -0.121. The lowest BCUT2D eigenvalue weighted by atomic mass is 10.2. The van der Waals surface area contributed by atoms with Crippen LogP contribution in [-0.2, 0) is 11.3 Å². The number of ether oxygens (including phenoxy) is 1. The third-order valence-electron chi connectivity index (χ3n) is 3.17. The summed E-state index contributed by atoms with van der Waals surface area (Å²) in [5.74, 6) is 5.57. The Morgan fingerprint density at radius 3 is 3.00 bits per heavy atom. The number of furan rings is 1. The van der Waals surface area contributed by atoms with Gasteiger partial charge < -0.3 is 9.15 Å². The highest BCUT2D eigenvalue weighted by Gasteiger charge is 2.26. The molecule has 0 saturated carbocycles. The molecule has 2 heterocycles. The maximum atomic E-state index is 12.0. The van der Waals surface area contributed by atoms with E-state index >= 15 is 0 Å². The van der Waals surface area contributed by atoms with Crippen molar-refractivity contribution in [3.8, 4) is 5.75 Å². The molecule has 0 bridgehead atoms.